The highest BCUT2D eigenvalue weighted by atomic mass is 35.5. The van der Waals surface area contributed by atoms with Gasteiger partial charge in [-0.2, -0.15) is 5.10 Å². The summed E-state index contributed by atoms with van der Waals surface area (Å²) in [5.41, 5.74) is 1.58. The van der Waals surface area contributed by atoms with Crippen LogP contribution in [0.4, 0.5) is 4.39 Å². The van der Waals surface area contributed by atoms with Crippen molar-refractivity contribution in [2.24, 2.45) is 0 Å². The van der Waals surface area contributed by atoms with Crippen LogP contribution < -0.4 is 10.1 Å². The summed E-state index contributed by atoms with van der Waals surface area (Å²) in [4.78, 5) is 0. The van der Waals surface area contributed by atoms with Gasteiger partial charge in [0.2, 0.25) is 5.88 Å². The van der Waals surface area contributed by atoms with E-state index in [4.69, 9.17) is 16.3 Å². The van der Waals surface area contributed by atoms with Gasteiger partial charge in [0.25, 0.3) is 0 Å². The number of hydrogen-bond donors (Lipinski definition) is 1. The zero-order chi connectivity index (χ0) is 16.2. The van der Waals surface area contributed by atoms with E-state index >= 15 is 0 Å². The van der Waals surface area contributed by atoms with Gasteiger partial charge in [0.1, 0.15) is 12.4 Å². The third kappa shape index (κ3) is 3.85. The molecule has 23 heavy (non-hydrogen) atoms. The van der Waals surface area contributed by atoms with Gasteiger partial charge in [-0.15, -0.1) is 0 Å². The molecule has 3 rings (SSSR count). The van der Waals surface area contributed by atoms with E-state index in [1.807, 2.05) is 17.8 Å². The Morgan fingerprint density at radius 2 is 2.13 bits per heavy atom. The maximum absolute atomic E-state index is 13.4. The normalized spacial score (nSPS) is 15.3. The molecule has 1 heterocycles. The number of halogens is 2. The molecule has 1 fully saturated rings. The van der Waals surface area contributed by atoms with Crippen molar-refractivity contribution in [1.82, 2.24) is 15.1 Å². The zero-order valence-corrected chi connectivity index (χ0v) is 13.9. The van der Waals surface area contributed by atoms with Crippen LogP contribution in [0.2, 0.25) is 5.02 Å². The van der Waals surface area contributed by atoms with Crippen LogP contribution in [0.5, 0.6) is 5.88 Å². The molecule has 1 N–H and O–H groups in total. The third-order valence-corrected chi connectivity index (χ3v) is 4.53. The number of nitrogens with zero attached hydrogens (tertiary/aromatic N) is 2. The highest BCUT2D eigenvalue weighted by Crippen LogP contribution is 2.33. The van der Waals surface area contributed by atoms with E-state index in [-0.39, 0.29) is 12.4 Å². The molecule has 0 bridgehead atoms. The lowest BCUT2D eigenvalue weighted by molar-refractivity contribution is 0.258. The van der Waals surface area contributed by atoms with Crippen LogP contribution >= 0.6 is 11.6 Å². The van der Waals surface area contributed by atoms with E-state index in [2.05, 4.69) is 10.4 Å². The van der Waals surface area contributed by atoms with E-state index in [1.165, 1.54) is 25.0 Å². The number of rotatable bonds is 6. The molecule has 1 saturated carbocycles. The van der Waals surface area contributed by atoms with Gasteiger partial charge in [-0.3, -0.25) is 0 Å². The second kappa shape index (κ2) is 7.32. The topological polar surface area (TPSA) is 39.1 Å². The largest absolute Gasteiger partial charge is 0.473 e. The Morgan fingerprint density at radius 1 is 1.35 bits per heavy atom. The van der Waals surface area contributed by atoms with Gasteiger partial charge in [0, 0.05) is 23.2 Å². The molecule has 0 amide bonds. The molecule has 1 aliphatic rings. The lowest BCUT2D eigenvalue weighted by Gasteiger charge is -2.15. The fourth-order valence-corrected chi connectivity index (χ4v) is 3.19. The molecule has 0 atom stereocenters. The summed E-state index contributed by atoms with van der Waals surface area (Å²) in [7, 11) is 1.89. The Morgan fingerprint density at radius 3 is 2.87 bits per heavy atom. The van der Waals surface area contributed by atoms with Crippen molar-refractivity contribution in [2.45, 2.75) is 44.9 Å². The first-order chi connectivity index (χ1) is 11.2. The summed E-state index contributed by atoms with van der Waals surface area (Å²) < 4.78 is 21.3. The fraction of sp³-hybridized carbons (Fsp3) is 0.471. The Balaban J connectivity index is 1.79. The molecule has 0 spiro atoms. The summed E-state index contributed by atoms with van der Waals surface area (Å²) in [6.45, 7) is 0.921. The van der Waals surface area contributed by atoms with Crippen LogP contribution in [-0.2, 0) is 13.2 Å². The summed E-state index contributed by atoms with van der Waals surface area (Å²) in [6, 6.07) is 6.64. The maximum atomic E-state index is 13.4. The van der Waals surface area contributed by atoms with Crippen molar-refractivity contribution >= 4 is 11.6 Å². The second-order valence-electron chi connectivity index (χ2n) is 5.91. The second-order valence-corrected chi connectivity index (χ2v) is 6.32. The van der Waals surface area contributed by atoms with E-state index in [1.54, 1.807) is 6.07 Å². The molecule has 0 aliphatic heterocycles. The number of aromatic nitrogens is 2. The Bertz CT molecular complexity index is 668. The molecule has 1 aromatic carbocycles. The SMILES string of the molecule is CNCc1cc(OCc2cc(F)ccc2Cl)n(C2CCCC2)n1. The molecule has 0 saturated heterocycles. The van der Waals surface area contributed by atoms with Crippen LogP contribution in [0.15, 0.2) is 24.3 Å². The number of hydrogen-bond acceptors (Lipinski definition) is 3. The van der Waals surface area contributed by atoms with E-state index in [0.29, 0.717) is 23.2 Å². The number of nitrogens with one attached hydrogen (secondary N) is 1. The molecular weight excluding hydrogens is 317 g/mol. The molecule has 2 aromatic rings. The van der Waals surface area contributed by atoms with Crippen molar-refractivity contribution in [1.29, 1.82) is 0 Å². The van der Waals surface area contributed by atoms with Crippen LogP contribution in [0.3, 0.4) is 0 Å². The van der Waals surface area contributed by atoms with Crippen LogP contribution in [0, 0.1) is 5.82 Å². The highest BCUT2D eigenvalue weighted by Gasteiger charge is 2.22. The zero-order valence-electron chi connectivity index (χ0n) is 13.2. The van der Waals surface area contributed by atoms with Crippen molar-refractivity contribution in [3.05, 3.63) is 46.4 Å². The van der Waals surface area contributed by atoms with E-state index in [9.17, 15) is 4.39 Å². The molecule has 124 valence electrons. The van der Waals surface area contributed by atoms with E-state index < -0.39 is 0 Å². The number of benzene rings is 1. The Kier molecular flexibility index (Phi) is 5.18. The van der Waals surface area contributed by atoms with Crippen molar-refractivity contribution < 1.29 is 9.13 Å². The van der Waals surface area contributed by atoms with Gasteiger partial charge in [-0.25, -0.2) is 9.07 Å². The monoisotopic (exact) mass is 337 g/mol. The third-order valence-electron chi connectivity index (χ3n) is 4.16. The predicted octanol–water partition coefficient (Wildman–Crippen LogP) is 4.09. The highest BCUT2D eigenvalue weighted by molar-refractivity contribution is 6.31. The molecule has 0 radical (unpaired) electrons. The van der Waals surface area contributed by atoms with Gasteiger partial charge in [0.15, 0.2) is 0 Å². The standard InChI is InChI=1S/C17H21ClFN3O/c1-20-10-14-9-17(22(21-14)15-4-2-3-5-15)23-11-12-8-13(19)6-7-16(12)18/h6-9,15,20H,2-5,10-11H2,1H3. The number of ether oxygens (including phenoxy) is 1. The van der Waals surface area contributed by atoms with Crippen molar-refractivity contribution in [3.8, 4) is 5.88 Å². The average Bonchev–Trinajstić information content (AvgIpc) is 3.18. The molecule has 6 heteroatoms. The molecule has 1 aromatic heterocycles. The Hall–Kier alpha value is -1.59. The summed E-state index contributed by atoms with van der Waals surface area (Å²) in [6.07, 6.45) is 4.69. The fourth-order valence-electron chi connectivity index (χ4n) is 3.02. The van der Waals surface area contributed by atoms with Crippen LogP contribution in [-0.4, -0.2) is 16.8 Å². The maximum Gasteiger partial charge on any atom is 0.212 e. The average molecular weight is 338 g/mol. The van der Waals surface area contributed by atoms with E-state index in [0.717, 1.165) is 24.4 Å². The minimum atomic E-state index is -0.312. The minimum absolute atomic E-state index is 0.230. The van der Waals surface area contributed by atoms with Gasteiger partial charge < -0.3 is 10.1 Å². The summed E-state index contributed by atoms with van der Waals surface area (Å²) >= 11 is 6.11. The molecule has 1 aliphatic carbocycles. The van der Waals surface area contributed by atoms with Crippen LogP contribution in [0.1, 0.15) is 43.0 Å². The van der Waals surface area contributed by atoms with Gasteiger partial charge >= 0.3 is 0 Å². The van der Waals surface area contributed by atoms with Gasteiger partial charge in [0.05, 0.1) is 11.7 Å². The minimum Gasteiger partial charge on any atom is -0.473 e. The molecular formula is C17H21ClFN3O. The first kappa shape index (κ1) is 16.3. The smallest absolute Gasteiger partial charge is 0.212 e. The van der Waals surface area contributed by atoms with Crippen molar-refractivity contribution in [2.75, 3.05) is 7.05 Å². The Labute approximate surface area is 140 Å². The molecule has 4 nitrogen and oxygen atoms in total. The van der Waals surface area contributed by atoms with Gasteiger partial charge in [-0.1, -0.05) is 24.4 Å². The van der Waals surface area contributed by atoms with Crippen LogP contribution in [0.25, 0.3) is 0 Å². The first-order valence-corrected chi connectivity index (χ1v) is 8.35. The molecule has 0 unspecified atom stereocenters. The summed E-state index contributed by atoms with van der Waals surface area (Å²) in [5.74, 6) is 0.413. The lowest BCUT2D eigenvalue weighted by Crippen LogP contribution is -2.11. The quantitative estimate of drug-likeness (QED) is 0.863. The van der Waals surface area contributed by atoms with Crippen molar-refractivity contribution in [3.63, 3.8) is 0 Å². The first-order valence-electron chi connectivity index (χ1n) is 7.97. The predicted molar refractivity (Wildman–Crippen MR) is 88.2 cm³/mol. The lowest BCUT2D eigenvalue weighted by atomic mass is 10.2. The summed E-state index contributed by atoms with van der Waals surface area (Å²) in [5, 5.41) is 8.27. The van der Waals surface area contributed by atoms with Gasteiger partial charge in [-0.05, 0) is 38.1 Å².